The number of allylic oxidation sites excluding steroid dienone is 1. The molecule has 0 aromatic carbocycles. The van der Waals surface area contributed by atoms with E-state index >= 15 is 0 Å². The van der Waals surface area contributed by atoms with E-state index in [-0.39, 0.29) is 0 Å². The minimum Gasteiger partial charge on any atom is -0.391 e. The second-order valence-electron chi connectivity index (χ2n) is 2.22. The van der Waals surface area contributed by atoms with Gasteiger partial charge in [-0.05, 0) is 26.5 Å². The van der Waals surface area contributed by atoms with Crippen molar-refractivity contribution in [3.63, 3.8) is 0 Å². The molecule has 0 heterocycles. The highest BCUT2D eigenvalue weighted by Gasteiger charge is 1.88. The van der Waals surface area contributed by atoms with Gasteiger partial charge in [-0.15, -0.1) is 0 Å². The van der Waals surface area contributed by atoms with E-state index in [1.165, 1.54) is 0 Å². The minimum absolute atomic E-state index is 0.308. The molecule has 0 spiro atoms. The van der Waals surface area contributed by atoms with Crippen molar-refractivity contribution in [2.75, 3.05) is 6.54 Å². The molecule has 1 atom stereocenters. The zero-order valence-electron chi connectivity index (χ0n) is 8.22. The Balaban J connectivity index is 0. The van der Waals surface area contributed by atoms with Gasteiger partial charge in [0.15, 0.2) is 0 Å². The van der Waals surface area contributed by atoms with Crippen LogP contribution < -0.4 is 11.1 Å². The topological polar surface area (TPSA) is 38.0 Å². The predicted octanol–water partition coefficient (Wildman–Crippen LogP) is 1.87. The Morgan fingerprint density at radius 1 is 1.45 bits per heavy atom. The van der Waals surface area contributed by atoms with Gasteiger partial charge in [0.25, 0.3) is 0 Å². The standard InChI is InChI=1S/C7H16N2.C2H6/c1-3-5-9-6-4-7(2)8;1-2/h3,5,7,9H,4,6,8H2,1-2H3;1-2H3/b5-3-;. The molecule has 0 radical (unpaired) electrons. The number of hydrogen-bond acceptors (Lipinski definition) is 2. The summed E-state index contributed by atoms with van der Waals surface area (Å²) in [6.45, 7) is 8.97. The maximum Gasteiger partial charge on any atom is 0.0156 e. The SMILES string of the molecule is C/C=C\NCCC(C)N.CC. The van der Waals surface area contributed by atoms with Crippen LogP contribution in [0.5, 0.6) is 0 Å². The number of nitrogens with one attached hydrogen (secondary N) is 1. The average Bonchev–Trinajstić information content (AvgIpc) is 2.02. The molecule has 0 saturated heterocycles. The van der Waals surface area contributed by atoms with Crippen molar-refractivity contribution in [3.8, 4) is 0 Å². The van der Waals surface area contributed by atoms with Crippen molar-refractivity contribution in [1.29, 1.82) is 0 Å². The first kappa shape index (κ1) is 13.1. The highest BCUT2D eigenvalue weighted by atomic mass is 14.8. The third-order valence-corrected chi connectivity index (χ3v) is 1.03. The van der Waals surface area contributed by atoms with Gasteiger partial charge in [0.2, 0.25) is 0 Å². The van der Waals surface area contributed by atoms with Crippen molar-refractivity contribution in [3.05, 3.63) is 12.3 Å². The Morgan fingerprint density at radius 3 is 2.36 bits per heavy atom. The Bertz CT molecular complexity index is 77.6. The van der Waals surface area contributed by atoms with Crippen molar-refractivity contribution >= 4 is 0 Å². The molecule has 0 aromatic rings. The fourth-order valence-electron chi connectivity index (χ4n) is 0.512. The summed E-state index contributed by atoms with van der Waals surface area (Å²) in [7, 11) is 0. The van der Waals surface area contributed by atoms with E-state index in [0.717, 1.165) is 13.0 Å². The summed E-state index contributed by atoms with van der Waals surface area (Å²) >= 11 is 0. The second-order valence-corrected chi connectivity index (χ2v) is 2.22. The summed E-state index contributed by atoms with van der Waals surface area (Å²) < 4.78 is 0. The first-order valence-corrected chi connectivity index (χ1v) is 4.37. The second kappa shape index (κ2) is 12.2. The molecule has 2 heteroatoms. The highest BCUT2D eigenvalue weighted by Crippen LogP contribution is 1.81. The number of rotatable bonds is 4. The maximum atomic E-state index is 5.51. The van der Waals surface area contributed by atoms with Crippen LogP contribution in [0.3, 0.4) is 0 Å². The van der Waals surface area contributed by atoms with Crippen LogP contribution >= 0.6 is 0 Å². The predicted molar refractivity (Wildman–Crippen MR) is 52.4 cm³/mol. The Labute approximate surface area is 70.9 Å². The number of hydrogen-bond donors (Lipinski definition) is 2. The molecule has 68 valence electrons. The molecule has 0 aliphatic heterocycles. The van der Waals surface area contributed by atoms with Crippen molar-refractivity contribution in [2.45, 2.75) is 40.2 Å². The molecule has 0 saturated carbocycles. The summed E-state index contributed by atoms with van der Waals surface area (Å²) in [5.41, 5.74) is 5.51. The Morgan fingerprint density at radius 2 is 2.00 bits per heavy atom. The van der Waals surface area contributed by atoms with Gasteiger partial charge in [-0.1, -0.05) is 19.9 Å². The third kappa shape index (κ3) is 17.7. The lowest BCUT2D eigenvalue weighted by Crippen LogP contribution is -2.20. The fourth-order valence-corrected chi connectivity index (χ4v) is 0.512. The zero-order chi connectivity index (χ0) is 9.11. The van der Waals surface area contributed by atoms with Crippen LogP contribution in [0.25, 0.3) is 0 Å². The molecule has 3 N–H and O–H groups in total. The molecule has 0 amide bonds. The van der Waals surface area contributed by atoms with E-state index in [0.29, 0.717) is 6.04 Å². The summed E-state index contributed by atoms with van der Waals surface area (Å²) in [5, 5.41) is 3.11. The number of nitrogens with two attached hydrogens (primary N) is 1. The quantitative estimate of drug-likeness (QED) is 0.613. The van der Waals surface area contributed by atoms with Gasteiger partial charge in [0, 0.05) is 12.6 Å². The zero-order valence-corrected chi connectivity index (χ0v) is 8.22. The first-order chi connectivity index (χ1) is 5.27. The Kier molecular flexibility index (Phi) is 14.5. The average molecular weight is 158 g/mol. The van der Waals surface area contributed by atoms with Crippen LogP contribution in [0.1, 0.15) is 34.1 Å². The van der Waals surface area contributed by atoms with Crippen LogP contribution in [0.2, 0.25) is 0 Å². The van der Waals surface area contributed by atoms with E-state index in [4.69, 9.17) is 5.73 Å². The minimum atomic E-state index is 0.308. The van der Waals surface area contributed by atoms with E-state index in [1.807, 2.05) is 40.0 Å². The van der Waals surface area contributed by atoms with Crippen LogP contribution in [-0.2, 0) is 0 Å². The summed E-state index contributed by atoms with van der Waals surface area (Å²) in [5.74, 6) is 0. The van der Waals surface area contributed by atoms with Gasteiger partial charge in [-0.3, -0.25) is 0 Å². The van der Waals surface area contributed by atoms with Crippen LogP contribution in [0.15, 0.2) is 12.3 Å². The van der Waals surface area contributed by atoms with Gasteiger partial charge in [-0.2, -0.15) is 0 Å². The van der Waals surface area contributed by atoms with E-state index in [2.05, 4.69) is 5.32 Å². The highest BCUT2D eigenvalue weighted by molar-refractivity contribution is 4.74. The summed E-state index contributed by atoms with van der Waals surface area (Å²) in [6, 6.07) is 0.308. The molecule has 0 aliphatic carbocycles. The molecule has 0 bridgehead atoms. The van der Waals surface area contributed by atoms with Gasteiger partial charge < -0.3 is 11.1 Å². The van der Waals surface area contributed by atoms with Gasteiger partial charge in [0.1, 0.15) is 0 Å². The van der Waals surface area contributed by atoms with Gasteiger partial charge >= 0.3 is 0 Å². The maximum absolute atomic E-state index is 5.51. The first-order valence-electron chi connectivity index (χ1n) is 4.37. The molecule has 11 heavy (non-hydrogen) atoms. The normalized spacial score (nSPS) is 12.1. The monoisotopic (exact) mass is 158 g/mol. The van der Waals surface area contributed by atoms with Crippen molar-refractivity contribution in [2.24, 2.45) is 5.73 Å². The fraction of sp³-hybridized carbons (Fsp3) is 0.778. The molecule has 0 fully saturated rings. The molecule has 2 nitrogen and oxygen atoms in total. The molecular formula is C9H22N2. The molecular weight excluding hydrogens is 136 g/mol. The van der Waals surface area contributed by atoms with Crippen LogP contribution in [0, 0.1) is 0 Å². The summed E-state index contributed by atoms with van der Waals surface area (Å²) in [6.07, 6.45) is 4.94. The molecule has 0 rings (SSSR count). The third-order valence-electron chi connectivity index (χ3n) is 1.03. The smallest absolute Gasteiger partial charge is 0.0156 e. The van der Waals surface area contributed by atoms with Crippen LogP contribution in [-0.4, -0.2) is 12.6 Å². The van der Waals surface area contributed by atoms with E-state index < -0.39 is 0 Å². The molecule has 0 aliphatic rings. The summed E-state index contributed by atoms with van der Waals surface area (Å²) in [4.78, 5) is 0. The van der Waals surface area contributed by atoms with Crippen molar-refractivity contribution < 1.29 is 0 Å². The van der Waals surface area contributed by atoms with E-state index in [1.54, 1.807) is 0 Å². The largest absolute Gasteiger partial charge is 0.391 e. The Hall–Kier alpha value is -0.500. The van der Waals surface area contributed by atoms with Gasteiger partial charge in [0.05, 0.1) is 0 Å². The lowest BCUT2D eigenvalue weighted by Gasteiger charge is -2.02. The van der Waals surface area contributed by atoms with Crippen LogP contribution in [0.4, 0.5) is 0 Å². The molecule has 1 unspecified atom stereocenters. The van der Waals surface area contributed by atoms with E-state index in [9.17, 15) is 0 Å². The van der Waals surface area contributed by atoms with Gasteiger partial charge in [-0.25, -0.2) is 0 Å². The lowest BCUT2D eigenvalue weighted by molar-refractivity contribution is 0.640. The molecule has 0 aromatic heterocycles. The van der Waals surface area contributed by atoms with Crippen molar-refractivity contribution in [1.82, 2.24) is 5.32 Å². The lowest BCUT2D eigenvalue weighted by atomic mass is 10.2.